The topological polar surface area (TPSA) is 63.0 Å². The molecule has 4 rings (SSSR count). The van der Waals surface area contributed by atoms with Gasteiger partial charge in [-0.05, 0) is 25.8 Å². The third kappa shape index (κ3) is 2.97. The highest BCUT2D eigenvalue weighted by Gasteiger charge is 2.32. The van der Waals surface area contributed by atoms with Gasteiger partial charge in [0.25, 0.3) is 11.8 Å². The number of benzene rings is 1. The molecule has 0 N–H and O–H groups in total. The molecule has 2 aliphatic rings. The number of hydrogen-bond donors (Lipinski definition) is 0. The minimum Gasteiger partial charge on any atom is -0.449 e. The van der Waals surface area contributed by atoms with Crippen molar-refractivity contribution in [1.29, 1.82) is 0 Å². The van der Waals surface area contributed by atoms with Crippen molar-refractivity contribution in [1.82, 2.24) is 9.80 Å². The predicted molar refractivity (Wildman–Crippen MR) is 97.4 cm³/mol. The molecule has 26 heavy (non-hydrogen) atoms. The fraction of sp³-hybridized carbons (Fsp3) is 0.474. The van der Waals surface area contributed by atoms with E-state index in [0.717, 1.165) is 23.8 Å². The minimum absolute atomic E-state index is 0.0429. The van der Waals surface area contributed by atoms with Crippen LogP contribution in [0.2, 0.25) is 5.02 Å². The summed E-state index contributed by atoms with van der Waals surface area (Å²) in [4.78, 5) is 28.8. The molecule has 0 spiro atoms. The van der Waals surface area contributed by atoms with Gasteiger partial charge in [-0.15, -0.1) is 0 Å². The van der Waals surface area contributed by atoms with Gasteiger partial charge in [-0.2, -0.15) is 0 Å². The quantitative estimate of drug-likeness (QED) is 0.808. The summed E-state index contributed by atoms with van der Waals surface area (Å²) in [6.45, 7) is 4.54. The van der Waals surface area contributed by atoms with Gasteiger partial charge in [-0.1, -0.05) is 23.7 Å². The molecule has 1 aromatic carbocycles. The first-order chi connectivity index (χ1) is 12.6. The summed E-state index contributed by atoms with van der Waals surface area (Å²) in [5.41, 5.74) is 1.34. The Hall–Kier alpha value is -2.05. The zero-order valence-electron chi connectivity index (χ0n) is 14.7. The number of hydrogen-bond acceptors (Lipinski definition) is 4. The average molecular weight is 377 g/mol. The number of aryl methyl sites for hydroxylation is 1. The Bertz CT molecular complexity index is 849. The second-order valence-electron chi connectivity index (χ2n) is 6.79. The highest BCUT2D eigenvalue weighted by atomic mass is 35.5. The van der Waals surface area contributed by atoms with Crippen LogP contribution in [0.15, 0.2) is 22.6 Å². The minimum atomic E-state index is -0.308. The van der Waals surface area contributed by atoms with E-state index in [-0.39, 0.29) is 17.9 Å². The number of ether oxygens (including phenoxy) is 1. The van der Waals surface area contributed by atoms with Crippen molar-refractivity contribution in [2.24, 2.45) is 0 Å². The number of amides is 2. The summed E-state index contributed by atoms with van der Waals surface area (Å²) in [5, 5.41) is 1.35. The molecule has 7 heteroatoms. The third-order valence-electron chi connectivity index (χ3n) is 5.19. The smallest absolute Gasteiger partial charge is 0.290 e. The number of fused-ring (bicyclic) bond motifs is 1. The Morgan fingerprint density at radius 1 is 1.15 bits per heavy atom. The Morgan fingerprint density at radius 3 is 2.54 bits per heavy atom. The molecular formula is C19H21ClN2O4. The van der Waals surface area contributed by atoms with Crippen LogP contribution < -0.4 is 0 Å². The Kier molecular flexibility index (Phi) is 4.63. The molecule has 2 fully saturated rings. The van der Waals surface area contributed by atoms with E-state index in [1.54, 1.807) is 15.9 Å². The van der Waals surface area contributed by atoms with Gasteiger partial charge in [-0.25, -0.2) is 0 Å². The number of rotatable bonds is 2. The van der Waals surface area contributed by atoms with Crippen molar-refractivity contribution in [3.8, 4) is 0 Å². The van der Waals surface area contributed by atoms with Gasteiger partial charge in [0, 0.05) is 43.7 Å². The summed E-state index contributed by atoms with van der Waals surface area (Å²) in [6, 6.07) is 5.49. The van der Waals surface area contributed by atoms with Crippen LogP contribution in [-0.2, 0) is 9.53 Å². The van der Waals surface area contributed by atoms with Crippen LogP contribution >= 0.6 is 11.6 Å². The maximum absolute atomic E-state index is 12.9. The van der Waals surface area contributed by atoms with Gasteiger partial charge in [0.1, 0.15) is 6.10 Å². The van der Waals surface area contributed by atoms with Crippen LogP contribution in [0.25, 0.3) is 11.0 Å². The second-order valence-corrected chi connectivity index (χ2v) is 7.20. The largest absolute Gasteiger partial charge is 0.449 e. The Labute approximate surface area is 156 Å². The average Bonchev–Trinajstić information content (AvgIpc) is 3.30. The van der Waals surface area contributed by atoms with Crippen molar-refractivity contribution in [2.45, 2.75) is 25.9 Å². The van der Waals surface area contributed by atoms with Crippen molar-refractivity contribution >= 4 is 34.4 Å². The van der Waals surface area contributed by atoms with Crippen molar-refractivity contribution < 1.29 is 18.7 Å². The van der Waals surface area contributed by atoms with Crippen molar-refractivity contribution in [3.63, 3.8) is 0 Å². The zero-order chi connectivity index (χ0) is 18.3. The van der Waals surface area contributed by atoms with E-state index < -0.39 is 0 Å². The van der Waals surface area contributed by atoms with Crippen LogP contribution in [0.4, 0.5) is 0 Å². The first kappa shape index (κ1) is 17.4. The van der Waals surface area contributed by atoms with Gasteiger partial charge < -0.3 is 19.0 Å². The fourth-order valence-electron chi connectivity index (χ4n) is 3.66. The molecule has 2 aromatic rings. The molecule has 2 aliphatic heterocycles. The molecule has 138 valence electrons. The molecule has 3 heterocycles. The van der Waals surface area contributed by atoms with Crippen LogP contribution in [0.3, 0.4) is 0 Å². The zero-order valence-corrected chi connectivity index (χ0v) is 15.4. The fourth-order valence-corrected chi connectivity index (χ4v) is 3.88. The maximum Gasteiger partial charge on any atom is 0.290 e. The van der Waals surface area contributed by atoms with E-state index in [9.17, 15) is 9.59 Å². The van der Waals surface area contributed by atoms with Gasteiger partial charge in [0.15, 0.2) is 11.3 Å². The van der Waals surface area contributed by atoms with E-state index in [2.05, 4.69) is 0 Å². The van der Waals surface area contributed by atoms with Gasteiger partial charge in [0.05, 0.1) is 5.02 Å². The second kappa shape index (κ2) is 6.93. The van der Waals surface area contributed by atoms with E-state index in [0.29, 0.717) is 49.2 Å². The Balaban J connectivity index is 1.46. The SMILES string of the molecule is Cc1c(C(=O)N2CCN(C(=O)[C@@H]3CCCO3)CC2)oc2c(Cl)cccc12. The number of para-hydroxylation sites is 1. The van der Waals surface area contributed by atoms with Crippen LogP contribution in [-0.4, -0.2) is 60.5 Å². The standard InChI is InChI=1S/C19H21ClN2O4/c1-12-13-4-2-5-14(20)17(13)26-16(12)19(24)22-9-7-21(8-10-22)18(23)15-6-3-11-25-15/h2,4-5,15H,3,6-11H2,1H3/t15-/m0/s1. The van der Waals surface area contributed by atoms with Gasteiger partial charge >= 0.3 is 0 Å². The number of nitrogens with zero attached hydrogens (tertiary/aromatic N) is 2. The molecular weight excluding hydrogens is 356 g/mol. The first-order valence-corrected chi connectivity index (χ1v) is 9.31. The molecule has 2 saturated heterocycles. The molecule has 1 atom stereocenters. The lowest BCUT2D eigenvalue weighted by Gasteiger charge is -2.35. The highest BCUT2D eigenvalue weighted by molar-refractivity contribution is 6.35. The molecule has 2 amide bonds. The van der Waals surface area contributed by atoms with E-state index >= 15 is 0 Å². The molecule has 0 bridgehead atoms. The number of piperazine rings is 1. The highest BCUT2D eigenvalue weighted by Crippen LogP contribution is 2.31. The van der Waals surface area contributed by atoms with Crippen LogP contribution in [0, 0.1) is 6.92 Å². The first-order valence-electron chi connectivity index (χ1n) is 8.93. The number of carbonyl (C=O) groups is 2. The Morgan fingerprint density at radius 2 is 1.88 bits per heavy atom. The summed E-state index contributed by atoms with van der Waals surface area (Å²) < 4.78 is 11.2. The number of furan rings is 1. The summed E-state index contributed by atoms with van der Waals surface area (Å²) in [7, 11) is 0. The molecule has 0 saturated carbocycles. The molecule has 6 nitrogen and oxygen atoms in total. The maximum atomic E-state index is 12.9. The van der Waals surface area contributed by atoms with Crippen LogP contribution in [0.1, 0.15) is 29.0 Å². The van der Waals surface area contributed by atoms with Crippen molar-refractivity contribution in [2.75, 3.05) is 32.8 Å². The molecule has 0 aliphatic carbocycles. The monoisotopic (exact) mass is 376 g/mol. The molecule has 0 unspecified atom stereocenters. The van der Waals surface area contributed by atoms with E-state index in [1.165, 1.54) is 0 Å². The van der Waals surface area contributed by atoms with E-state index in [4.69, 9.17) is 20.8 Å². The molecule has 1 aromatic heterocycles. The van der Waals surface area contributed by atoms with Gasteiger partial charge in [0.2, 0.25) is 0 Å². The van der Waals surface area contributed by atoms with Crippen molar-refractivity contribution in [3.05, 3.63) is 34.5 Å². The van der Waals surface area contributed by atoms with Gasteiger partial charge in [-0.3, -0.25) is 9.59 Å². The molecule has 0 radical (unpaired) electrons. The lowest BCUT2D eigenvalue weighted by Crippen LogP contribution is -2.52. The number of carbonyl (C=O) groups excluding carboxylic acids is 2. The number of halogens is 1. The summed E-state index contributed by atoms with van der Waals surface area (Å²) in [6.07, 6.45) is 1.41. The lowest BCUT2D eigenvalue weighted by molar-refractivity contribution is -0.142. The lowest BCUT2D eigenvalue weighted by atomic mass is 10.1. The predicted octanol–water partition coefficient (Wildman–Crippen LogP) is 2.86. The summed E-state index contributed by atoms with van der Waals surface area (Å²) in [5.74, 6) is 0.215. The van der Waals surface area contributed by atoms with Crippen LogP contribution in [0.5, 0.6) is 0 Å². The summed E-state index contributed by atoms with van der Waals surface area (Å²) >= 11 is 6.17. The third-order valence-corrected chi connectivity index (χ3v) is 5.49. The van der Waals surface area contributed by atoms with E-state index in [1.807, 2.05) is 19.1 Å². The normalized spacial score (nSPS) is 20.8.